The van der Waals surface area contributed by atoms with Gasteiger partial charge in [0, 0.05) is 4.88 Å². The van der Waals surface area contributed by atoms with E-state index in [0.29, 0.717) is 17.8 Å². The highest BCUT2D eigenvalue weighted by molar-refractivity contribution is 7.10. The molecule has 0 bridgehead atoms. The number of cyclic esters (lactones) is 1. The van der Waals surface area contributed by atoms with Crippen LogP contribution in [0, 0.1) is 0 Å². The molecule has 4 rings (SSSR count). The van der Waals surface area contributed by atoms with Crippen LogP contribution in [0.3, 0.4) is 0 Å². The predicted molar refractivity (Wildman–Crippen MR) is 104 cm³/mol. The summed E-state index contributed by atoms with van der Waals surface area (Å²) < 4.78 is 5.27. The zero-order valence-corrected chi connectivity index (χ0v) is 16.4. The van der Waals surface area contributed by atoms with Crippen molar-refractivity contribution in [3.8, 4) is 0 Å². The Morgan fingerprint density at radius 2 is 1.93 bits per heavy atom. The van der Waals surface area contributed by atoms with Gasteiger partial charge in [-0.1, -0.05) is 51.1 Å². The first-order chi connectivity index (χ1) is 12.8. The summed E-state index contributed by atoms with van der Waals surface area (Å²) in [4.78, 5) is 27.7. The highest BCUT2D eigenvalue weighted by Gasteiger charge is 2.42. The monoisotopic (exact) mass is 382 g/mol. The molecule has 6 heteroatoms. The maximum Gasteiger partial charge on any atom is 0.338 e. The van der Waals surface area contributed by atoms with E-state index in [2.05, 4.69) is 38.2 Å². The smallest absolute Gasteiger partial charge is 0.338 e. The van der Waals surface area contributed by atoms with Crippen LogP contribution in [0.15, 0.2) is 53.0 Å². The van der Waals surface area contributed by atoms with Gasteiger partial charge in [-0.2, -0.15) is 0 Å². The predicted octanol–water partition coefficient (Wildman–Crippen LogP) is 4.12. The van der Waals surface area contributed by atoms with Crippen LogP contribution >= 0.6 is 11.3 Å². The number of nitrogens with one attached hydrogen (secondary N) is 1. The number of nitrogens with zero attached hydrogens (tertiary/aromatic N) is 1. The van der Waals surface area contributed by atoms with Gasteiger partial charge in [-0.15, -0.1) is 11.3 Å². The van der Waals surface area contributed by atoms with Gasteiger partial charge in [-0.05, 0) is 28.0 Å². The van der Waals surface area contributed by atoms with Crippen molar-refractivity contribution in [3.63, 3.8) is 0 Å². The molecule has 2 aromatic rings. The number of rotatable bonds is 3. The van der Waals surface area contributed by atoms with Crippen molar-refractivity contribution in [2.75, 3.05) is 6.61 Å². The summed E-state index contributed by atoms with van der Waals surface area (Å²) in [6.07, 6.45) is 0. The van der Waals surface area contributed by atoms with Crippen LogP contribution in [-0.4, -0.2) is 23.5 Å². The maximum absolute atomic E-state index is 12.8. The highest BCUT2D eigenvalue weighted by atomic mass is 32.1. The normalized spacial score (nSPS) is 19.8. The Morgan fingerprint density at radius 3 is 2.56 bits per heavy atom. The lowest BCUT2D eigenvalue weighted by molar-refractivity contribution is -0.136. The van der Waals surface area contributed by atoms with Crippen LogP contribution in [0.5, 0.6) is 0 Å². The first-order valence-electron chi connectivity index (χ1n) is 8.95. The molecule has 0 saturated heterocycles. The van der Waals surface area contributed by atoms with E-state index in [0.717, 1.165) is 10.4 Å². The van der Waals surface area contributed by atoms with E-state index in [-0.39, 0.29) is 24.0 Å². The largest absolute Gasteiger partial charge is 0.456 e. The quantitative estimate of drug-likeness (QED) is 0.813. The Kier molecular flexibility index (Phi) is 4.30. The Labute approximate surface area is 162 Å². The van der Waals surface area contributed by atoms with Crippen molar-refractivity contribution in [3.05, 3.63) is 69.1 Å². The maximum atomic E-state index is 12.8. The molecule has 2 aliphatic heterocycles. The lowest BCUT2D eigenvalue weighted by atomic mass is 9.86. The third-order valence-electron chi connectivity index (χ3n) is 4.99. The molecule has 1 unspecified atom stereocenters. The van der Waals surface area contributed by atoms with Crippen LogP contribution in [-0.2, 0) is 21.5 Å². The summed E-state index contributed by atoms with van der Waals surface area (Å²) in [6, 6.07) is 11.5. The van der Waals surface area contributed by atoms with Crippen molar-refractivity contribution in [1.29, 1.82) is 0 Å². The van der Waals surface area contributed by atoms with Gasteiger partial charge in [0.05, 0.1) is 23.9 Å². The van der Waals surface area contributed by atoms with Gasteiger partial charge in [0.1, 0.15) is 6.61 Å². The van der Waals surface area contributed by atoms with Gasteiger partial charge in [-0.25, -0.2) is 9.59 Å². The summed E-state index contributed by atoms with van der Waals surface area (Å²) in [7, 11) is 0. The summed E-state index contributed by atoms with van der Waals surface area (Å²) >= 11 is 1.52. The fraction of sp³-hybridized carbons (Fsp3) is 0.333. The van der Waals surface area contributed by atoms with Gasteiger partial charge < -0.3 is 10.1 Å². The molecule has 0 radical (unpaired) electrons. The number of urea groups is 1. The number of amides is 2. The first-order valence-corrected chi connectivity index (χ1v) is 9.83. The van der Waals surface area contributed by atoms with Crippen LogP contribution < -0.4 is 5.32 Å². The fourth-order valence-electron chi connectivity index (χ4n) is 3.44. The van der Waals surface area contributed by atoms with Crippen molar-refractivity contribution in [2.45, 2.75) is 38.8 Å². The molecular formula is C21H22N2O3S. The van der Waals surface area contributed by atoms with Crippen LogP contribution in [0.1, 0.15) is 42.8 Å². The molecule has 5 nitrogen and oxygen atoms in total. The minimum Gasteiger partial charge on any atom is -0.456 e. The second-order valence-electron chi connectivity index (χ2n) is 7.87. The minimum absolute atomic E-state index is 0.0797. The summed E-state index contributed by atoms with van der Waals surface area (Å²) in [5.74, 6) is -0.350. The SMILES string of the molecule is CC(C)(C)c1ccc(CN2C(=O)NC(c3cccs3)C3=C2COC3=O)cc1. The highest BCUT2D eigenvalue weighted by Crippen LogP contribution is 2.37. The van der Waals surface area contributed by atoms with Gasteiger partial charge in [-0.3, -0.25) is 4.90 Å². The van der Waals surface area contributed by atoms with Crippen molar-refractivity contribution in [1.82, 2.24) is 10.2 Å². The number of benzene rings is 1. The molecule has 3 heterocycles. The molecule has 1 aromatic carbocycles. The number of carbonyl (C=O) groups excluding carboxylic acids is 2. The van der Waals surface area contributed by atoms with E-state index >= 15 is 0 Å². The molecule has 140 valence electrons. The molecule has 1 N–H and O–H groups in total. The number of hydrogen-bond acceptors (Lipinski definition) is 4. The van der Waals surface area contributed by atoms with Gasteiger partial charge in [0.15, 0.2) is 0 Å². The number of hydrogen-bond donors (Lipinski definition) is 1. The second-order valence-corrected chi connectivity index (χ2v) is 8.85. The Balaban J connectivity index is 1.64. The Hall–Kier alpha value is -2.60. The van der Waals surface area contributed by atoms with Crippen molar-refractivity contribution >= 4 is 23.3 Å². The third kappa shape index (κ3) is 3.25. The zero-order valence-electron chi connectivity index (χ0n) is 15.6. The standard InChI is InChI=1S/C21H22N2O3S/c1-21(2,3)14-8-6-13(7-9-14)11-23-15-12-26-19(24)17(15)18(22-20(23)25)16-5-4-10-27-16/h4-10,18H,11-12H2,1-3H3,(H,22,25). The molecule has 27 heavy (non-hydrogen) atoms. The minimum atomic E-state index is -0.429. The average molecular weight is 382 g/mol. The number of thiophene rings is 1. The fourth-order valence-corrected chi connectivity index (χ4v) is 4.22. The van der Waals surface area contributed by atoms with E-state index in [9.17, 15) is 9.59 Å². The van der Waals surface area contributed by atoms with E-state index < -0.39 is 6.04 Å². The molecule has 0 saturated carbocycles. The first kappa shape index (κ1) is 17.8. The molecule has 0 spiro atoms. The molecule has 0 aliphatic carbocycles. The van der Waals surface area contributed by atoms with E-state index in [1.54, 1.807) is 4.90 Å². The van der Waals surface area contributed by atoms with Crippen LogP contribution in [0.4, 0.5) is 4.79 Å². The Bertz CT molecular complexity index is 908. The topological polar surface area (TPSA) is 58.6 Å². The van der Waals surface area contributed by atoms with E-state index in [1.165, 1.54) is 16.9 Å². The number of esters is 1. The molecule has 0 fully saturated rings. The van der Waals surface area contributed by atoms with Crippen molar-refractivity contribution < 1.29 is 14.3 Å². The van der Waals surface area contributed by atoms with Gasteiger partial charge in [0.25, 0.3) is 0 Å². The lowest BCUT2D eigenvalue weighted by Gasteiger charge is -2.32. The molecule has 1 atom stereocenters. The summed E-state index contributed by atoms with van der Waals surface area (Å²) in [6.45, 7) is 7.06. The lowest BCUT2D eigenvalue weighted by Crippen LogP contribution is -2.46. The molecule has 2 amide bonds. The van der Waals surface area contributed by atoms with Crippen LogP contribution in [0.2, 0.25) is 0 Å². The van der Waals surface area contributed by atoms with Gasteiger partial charge >= 0.3 is 12.0 Å². The van der Waals surface area contributed by atoms with Gasteiger partial charge in [0.2, 0.25) is 0 Å². The zero-order chi connectivity index (χ0) is 19.2. The Morgan fingerprint density at radius 1 is 1.19 bits per heavy atom. The number of ether oxygens (including phenoxy) is 1. The van der Waals surface area contributed by atoms with Crippen LogP contribution in [0.25, 0.3) is 0 Å². The third-order valence-corrected chi connectivity index (χ3v) is 5.92. The molecular weight excluding hydrogens is 360 g/mol. The van der Waals surface area contributed by atoms with Crippen molar-refractivity contribution in [2.24, 2.45) is 0 Å². The van der Waals surface area contributed by atoms with E-state index in [4.69, 9.17) is 4.74 Å². The molecule has 1 aromatic heterocycles. The number of carbonyl (C=O) groups is 2. The molecule has 2 aliphatic rings. The second kappa shape index (κ2) is 6.53. The summed E-state index contributed by atoms with van der Waals surface area (Å²) in [5, 5.41) is 4.90. The average Bonchev–Trinajstić information content (AvgIpc) is 3.27. The summed E-state index contributed by atoms with van der Waals surface area (Å²) in [5.41, 5.74) is 3.55. The van der Waals surface area contributed by atoms with E-state index in [1.807, 2.05) is 29.6 Å².